The highest BCUT2D eigenvalue weighted by atomic mass is 80.0. The second-order valence-electron chi connectivity index (χ2n) is 35.5. The van der Waals surface area contributed by atoms with Crippen LogP contribution in [0.15, 0.2) is 110 Å². The Balaban J connectivity index is 0.000000288. The number of imidazole rings is 3. The monoisotopic (exact) mass is 2490 g/mol. The minimum Gasteiger partial charge on any atom is -0.460 e. The van der Waals surface area contributed by atoms with E-state index in [4.69, 9.17) is 94.0 Å². The number of nitrogens with zero attached hydrogens (tertiary/aromatic N) is 12. The number of nitrogen functional groups attached to an aromatic ring is 3. The Kier molecular flexibility index (Phi) is 51.3. The van der Waals surface area contributed by atoms with Crippen molar-refractivity contribution in [2.75, 3.05) is 83.2 Å². The molecule has 14 heterocycles. The number of nitrogens with one attached hydrogen (secondary N) is 2. The number of esters is 3. The molecule has 25 atom stereocenters. The first-order valence-electron chi connectivity index (χ1n) is 46.6. The SMILES string of the molecule is BrC(Br)(Br)Br.CC[C@H]1OC(=O)[C@@](C)(O)[C@@H]1C.CC[C@H]1OC(=O)[C@](C)(F)[C@@H]1C.CC[C@H]1O[C@@H](O)[C@](C)(F)[C@@H]1C.CC[C@H]1O[C@@H](n2cnc3c(Cl)nc(N)nc32)[C@](C)(F)[C@@H]1C.CC[C@H]1O[C@H](Br)[C@](C)(F)[C@@H]1C.CN.CNc1nc(N)nc2c1ncn2[C@@H]1O[C@H](CO)[C@@H](O)[C@@]1(C)F.CO.C[C@@]1(O)C(=O)O[C@H](CO)[C@H]1O.FS(F)(F)N1CCOCC1.Nc1nc(Cl)c2[nH]cnc2n1.c1ccc(P(c2ccccc2)c2ccccc2)cc1. The van der Waals surface area contributed by atoms with Gasteiger partial charge in [-0.1, -0.05) is 199 Å². The molecule has 9 aromatic rings. The van der Waals surface area contributed by atoms with Crippen LogP contribution in [0.4, 0.5) is 57.3 Å². The zero-order valence-corrected chi connectivity index (χ0v) is 96.0. The first-order valence-corrected chi connectivity index (χ1v) is 54.0. The molecule has 828 valence electrons. The maximum Gasteiger partial charge on any atom is 0.344 e. The first-order chi connectivity index (χ1) is 68.6. The molecule has 18 N–H and O–H groups in total. The van der Waals surface area contributed by atoms with Gasteiger partial charge in [0.15, 0.2) is 92.7 Å². The quantitative estimate of drug-likeness (QED) is 0.0120. The number of ether oxygens (including phenoxy) is 8. The van der Waals surface area contributed by atoms with E-state index < -0.39 is 138 Å². The van der Waals surface area contributed by atoms with E-state index in [0.29, 0.717) is 49.5 Å². The van der Waals surface area contributed by atoms with Gasteiger partial charge in [0.2, 0.25) is 23.5 Å². The Hall–Kier alpha value is -6.48. The molecule has 0 radical (unpaired) electrons. The number of hydrogen-bond acceptors (Lipinski definition) is 34. The van der Waals surface area contributed by atoms with Crippen LogP contribution in [0.5, 0.6) is 0 Å². The van der Waals surface area contributed by atoms with Crippen molar-refractivity contribution in [1.82, 2.24) is 63.3 Å². The number of aromatic nitrogens is 12. The number of carbonyl (C=O) groups is 3. The van der Waals surface area contributed by atoms with Crippen molar-refractivity contribution in [1.29, 1.82) is 0 Å². The van der Waals surface area contributed by atoms with Gasteiger partial charge in [0.25, 0.3) is 11.4 Å². The average Bonchev–Trinajstić information content (AvgIpc) is 1.58. The number of aliphatic hydroxyl groups is 8. The molecule has 8 saturated heterocycles. The van der Waals surface area contributed by atoms with Gasteiger partial charge in [-0.2, -0.15) is 34.2 Å². The lowest BCUT2D eigenvalue weighted by Crippen LogP contribution is -2.43. The molecule has 0 amide bonds. The van der Waals surface area contributed by atoms with E-state index in [1.165, 1.54) is 81.1 Å². The largest absolute Gasteiger partial charge is 0.460 e. The van der Waals surface area contributed by atoms with Crippen LogP contribution in [0.1, 0.15) is 162 Å². The maximum atomic E-state index is 15.1. The molecular weight excluding hydrogens is 2360 g/mol. The number of benzene rings is 3. The van der Waals surface area contributed by atoms with Crippen LogP contribution < -0.4 is 44.2 Å². The van der Waals surface area contributed by atoms with E-state index >= 15 is 4.39 Å². The third-order valence-corrected chi connectivity index (χ3v) is 30.7. The number of carbonyl (C=O) groups excluding carboxylic acids is 3. The molecule has 6 aromatic heterocycles. The fourth-order valence-electron chi connectivity index (χ4n) is 15.7. The van der Waals surface area contributed by atoms with Crippen LogP contribution in [-0.4, -0.2) is 290 Å². The molecule has 54 heteroatoms. The zero-order chi connectivity index (χ0) is 112. The van der Waals surface area contributed by atoms with E-state index in [2.05, 4.69) is 236 Å². The van der Waals surface area contributed by atoms with Gasteiger partial charge in [0.05, 0.1) is 63.7 Å². The summed E-state index contributed by atoms with van der Waals surface area (Å²) in [7, 11) is 3.70. The summed E-state index contributed by atoms with van der Waals surface area (Å²) in [6.45, 7) is 27.9. The fraction of sp³-hybridized carbons (Fsp3) is 0.613. The highest BCUT2D eigenvalue weighted by molar-refractivity contribution is 9.52. The Morgan fingerprint density at radius 2 is 0.898 bits per heavy atom. The zero-order valence-electron chi connectivity index (χ0n) is 84.8. The minimum absolute atomic E-state index is 0.00116. The number of morpholine rings is 1. The number of alkyl halides is 10. The highest BCUT2D eigenvalue weighted by Gasteiger charge is 2.58. The number of hydrogen-bond donors (Lipinski definition) is 14. The average molecular weight is 2500 g/mol. The van der Waals surface area contributed by atoms with E-state index in [1.54, 1.807) is 32.4 Å². The van der Waals surface area contributed by atoms with Crippen molar-refractivity contribution in [2.24, 2.45) is 35.3 Å². The molecule has 0 bridgehead atoms. The maximum absolute atomic E-state index is 15.1. The number of halogens is 15. The molecule has 0 spiro atoms. The van der Waals surface area contributed by atoms with Crippen molar-refractivity contribution >= 4 is 213 Å². The molecule has 17 rings (SSSR count). The van der Waals surface area contributed by atoms with Crippen LogP contribution in [0.25, 0.3) is 33.5 Å². The third kappa shape index (κ3) is 33.8. The Labute approximate surface area is 904 Å². The summed E-state index contributed by atoms with van der Waals surface area (Å²) in [4.78, 5) is 71.2. The van der Waals surface area contributed by atoms with Crippen molar-refractivity contribution in [3.8, 4) is 0 Å². The lowest BCUT2D eigenvalue weighted by Gasteiger charge is -2.29. The van der Waals surface area contributed by atoms with Gasteiger partial charge in [0.1, 0.15) is 52.2 Å². The normalized spacial score (nSPS) is 31.4. The van der Waals surface area contributed by atoms with Crippen molar-refractivity contribution < 1.29 is 127 Å². The Bertz CT molecular complexity index is 5320. The Morgan fingerprint density at radius 3 is 1.24 bits per heavy atom. The predicted molar refractivity (Wildman–Crippen MR) is 568 cm³/mol. The standard InChI is InChI=1S/C18H15P.C13H17ClFN5O.C12H17FN6O3.C8H14BrFO.C8H15FO2.C8H13FO2.C8H14O3.C6H10O5.C5H4ClN5.C4H8F3NOS.CBr4.CH5N.CH4O/c1-4-10-16(11-5-1)19(17-12-6-2-7-13-17)18-14-8-3-9-15-18;1-4-7-6(2)13(3,15)11(21-7)20-5-17-8-9(14)18-12(16)19-10(8)20;1-12(13)7(21)5(3-20)22-10(12)19-4-16-6-8(15-2)17-11(14)18-9(6)19;1-4-6-5(2)8(3,10)7(9)11-6;2*1-4-6-5(2)8(3,9)7(10)11-6;1-4-6-5(2)8(3,10)7(9)11-6;1-6(10)4(8)3(2-7)11-5(6)9;6-3-2-4(9-1-8-2)11-5(7)10-3;5-10(6,7)8-1-3-9-4-2-8;2-1(3,4)5;2*1-2/h1-15H;5-7,11H,4H2,1-3H3,(H2,16,18,19);4-5,7,10,20-21H,3H2,1-2H3,(H3,14,15,17,18);5-7H,4H2,1-3H3;5-7,10H,4H2,1-3H3;5-6H,4H2,1-3H3;5-6,10H,4H2,1-3H3;3-4,7-8,10H,2H2,1H3;1H,(H3,7,8,9,10,11);1-4H2;;2H2,1H3;2H,1H3/t;6-,7-,11-,13-;5-,7-,10-,12-;5-,6-,7+,8-;5-,6-,7-,8-;5-,6-,8-;5-,6-,8+;3-,4-,6+;;;;;/m.1111111...../s1. The van der Waals surface area contributed by atoms with Crippen LogP contribution in [0.2, 0.25) is 10.3 Å². The number of nitrogens with two attached hydrogens (primary N) is 4. The molecule has 8 aliphatic rings. The predicted octanol–water partition coefficient (Wildman–Crippen LogP) is 15.0. The molecule has 37 nitrogen and oxygen atoms in total. The van der Waals surface area contributed by atoms with Crippen molar-refractivity contribution in [2.45, 2.75) is 269 Å². The first kappa shape index (κ1) is 131. The van der Waals surface area contributed by atoms with Crippen molar-refractivity contribution in [3.63, 3.8) is 0 Å². The number of cyclic esters (lactones) is 3. The summed E-state index contributed by atoms with van der Waals surface area (Å²) in [5.74, 6) is -2.44. The number of anilines is 4. The number of aliphatic hydroxyl groups excluding tert-OH is 6. The molecular formula is C93H136Br5Cl2F8N18O19PS. The molecule has 3 aromatic carbocycles. The Morgan fingerprint density at radius 1 is 0.510 bits per heavy atom. The summed E-state index contributed by atoms with van der Waals surface area (Å²) >= 11 is 22.4. The lowest BCUT2D eigenvalue weighted by molar-refractivity contribution is -0.155. The number of H-pyrrole nitrogens is 1. The second kappa shape index (κ2) is 57.6. The molecule has 0 saturated carbocycles. The summed E-state index contributed by atoms with van der Waals surface area (Å²) < 4.78 is 150. The minimum atomic E-state index is -4.97. The number of aromatic amines is 1. The van der Waals surface area contributed by atoms with Gasteiger partial charge in [-0.05, 0) is 175 Å². The summed E-state index contributed by atoms with van der Waals surface area (Å²) in [6.07, 6.45) is -0.560. The van der Waals surface area contributed by atoms with Crippen LogP contribution in [0.3, 0.4) is 0 Å². The molecule has 8 aliphatic heterocycles. The summed E-state index contributed by atoms with van der Waals surface area (Å²) in [5, 5.41) is 78.7. The fourth-order valence-corrected chi connectivity index (χ4v) is 19.7. The molecule has 147 heavy (non-hydrogen) atoms. The van der Waals surface area contributed by atoms with E-state index in [-0.39, 0.29) is 116 Å². The smallest absolute Gasteiger partial charge is 0.344 e. The van der Waals surface area contributed by atoms with E-state index in [0.717, 1.165) is 39.7 Å². The topological polar surface area (TPSA) is 548 Å². The summed E-state index contributed by atoms with van der Waals surface area (Å²) in [6, 6.07) is 32.3. The van der Waals surface area contributed by atoms with Crippen LogP contribution in [-0.2, 0) is 52.3 Å². The lowest BCUT2D eigenvalue weighted by atomic mass is 9.88. The van der Waals surface area contributed by atoms with E-state index in [1.807, 2.05) is 55.4 Å². The second-order valence-corrected chi connectivity index (χ2v) is 51.7. The van der Waals surface area contributed by atoms with Gasteiger partial charge < -0.3 is 112 Å². The number of rotatable bonds is 14. The van der Waals surface area contributed by atoms with Gasteiger partial charge >= 0.3 is 17.9 Å². The summed E-state index contributed by atoms with van der Waals surface area (Å²) in [5.41, 5.74) is 12.2. The van der Waals surface area contributed by atoms with Crippen molar-refractivity contribution in [3.05, 3.63) is 120 Å². The van der Waals surface area contributed by atoms with E-state index in [9.17, 15) is 64.0 Å². The highest BCUT2D eigenvalue weighted by Crippen LogP contribution is 2.57. The van der Waals surface area contributed by atoms with Gasteiger partial charge in [-0.3, -0.25) is 9.13 Å². The number of fused-ring (bicyclic) bond motifs is 3. The molecule has 0 unspecified atom stereocenters. The van der Waals surface area contributed by atoms with Gasteiger partial charge in [-0.25, -0.2) is 51.3 Å². The van der Waals surface area contributed by atoms with Crippen LogP contribution >= 0.6 is 122 Å². The van der Waals surface area contributed by atoms with Gasteiger partial charge in [-0.15, -0.1) is 11.7 Å². The molecule has 0 aliphatic carbocycles. The third-order valence-electron chi connectivity index (χ3n) is 25.7. The molecule has 8 fully saturated rings. The van der Waals surface area contributed by atoms with Crippen LogP contribution in [0, 0.1) is 29.6 Å². The van der Waals surface area contributed by atoms with Gasteiger partial charge in [0, 0.05) is 56.8 Å².